The first-order valence-corrected chi connectivity index (χ1v) is 12.6. The summed E-state index contributed by atoms with van der Waals surface area (Å²) in [6.07, 6.45) is 31.6. The molecule has 1 radical (unpaired) electrons. The zero-order valence-electron chi connectivity index (χ0n) is 18.8. The molecule has 0 rings (SSSR count). The van der Waals surface area contributed by atoms with E-state index in [1.165, 1.54) is 135 Å². The van der Waals surface area contributed by atoms with Gasteiger partial charge in [0.2, 0.25) is 0 Å². The lowest BCUT2D eigenvalue weighted by atomic mass is 9.90. The first-order chi connectivity index (χ1) is 12.8. The van der Waals surface area contributed by atoms with Crippen molar-refractivity contribution in [2.75, 3.05) is 0 Å². The van der Waals surface area contributed by atoms with E-state index in [9.17, 15) is 0 Å². The van der Waals surface area contributed by atoms with E-state index in [0.29, 0.717) is 0 Å². The van der Waals surface area contributed by atoms with Crippen molar-refractivity contribution in [1.29, 1.82) is 0 Å². The lowest BCUT2D eigenvalue weighted by Gasteiger charge is -2.16. The highest BCUT2D eigenvalue weighted by molar-refractivity contribution is 4.62. The van der Waals surface area contributed by atoms with Gasteiger partial charge in [0.1, 0.15) is 0 Å². The van der Waals surface area contributed by atoms with Crippen LogP contribution in [0.15, 0.2) is 0 Å². The normalized spacial score (nSPS) is 11.5. The second-order valence-corrected chi connectivity index (χ2v) is 8.74. The maximum absolute atomic E-state index is 4.11. The molecule has 0 bridgehead atoms. The minimum atomic E-state index is 0.974. The SMILES string of the molecule is [CH2]CCC(CCCCCCCCCCC)CCCCCCCCCCC. The van der Waals surface area contributed by atoms with Crippen LogP contribution >= 0.6 is 0 Å². The van der Waals surface area contributed by atoms with Gasteiger partial charge >= 0.3 is 0 Å². The van der Waals surface area contributed by atoms with Crippen molar-refractivity contribution in [2.24, 2.45) is 5.92 Å². The van der Waals surface area contributed by atoms with Crippen molar-refractivity contribution >= 4 is 0 Å². The topological polar surface area (TPSA) is 0 Å². The summed E-state index contributed by atoms with van der Waals surface area (Å²) in [5, 5.41) is 0. The van der Waals surface area contributed by atoms with E-state index >= 15 is 0 Å². The van der Waals surface area contributed by atoms with Gasteiger partial charge in [0, 0.05) is 0 Å². The Morgan fingerprint density at radius 3 is 1.04 bits per heavy atom. The van der Waals surface area contributed by atoms with Gasteiger partial charge in [-0.3, -0.25) is 0 Å². The quantitative estimate of drug-likeness (QED) is 0.167. The Morgan fingerprint density at radius 1 is 0.423 bits per heavy atom. The Morgan fingerprint density at radius 2 is 0.731 bits per heavy atom. The van der Waals surface area contributed by atoms with Crippen LogP contribution in [0.2, 0.25) is 0 Å². The van der Waals surface area contributed by atoms with Crippen molar-refractivity contribution in [3.63, 3.8) is 0 Å². The standard InChI is InChI=1S/C26H53/c1-4-7-9-11-13-15-17-19-21-24-26(23-6-3)25-22-20-18-16-14-12-10-8-5-2/h26H,3-25H2,1-2H3. The van der Waals surface area contributed by atoms with Gasteiger partial charge in [0.15, 0.2) is 0 Å². The summed E-state index contributed by atoms with van der Waals surface area (Å²) >= 11 is 0. The van der Waals surface area contributed by atoms with Crippen LogP contribution in [0.5, 0.6) is 0 Å². The molecule has 26 heavy (non-hydrogen) atoms. The minimum Gasteiger partial charge on any atom is -0.0654 e. The van der Waals surface area contributed by atoms with Gasteiger partial charge in [-0.05, 0) is 5.92 Å². The van der Waals surface area contributed by atoms with Gasteiger partial charge in [-0.15, -0.1) is 0 Å². The summed E-state index contributed by atoms with van der Waals surface area (Å²) in [4.78, 5) is 0. The highest BCUT2D eigenvalue weighted by Gasteiger charge is 2.07. The van der Waals surface area contributed by atoms with E-state index in [1.54, 1.807) is 0 Å². The largest absolute Gasteiger partial charge is 0.0654 e. The molecule has 0 fully saturated rings. The summed E-state index contributed by atoms with van der Waals surface area (Å²) in [6.45, 7) is 8.72. The molecule has 0 nitrogen and oxygen atoms in total. The lowest BCUT2D eigenvalue weighted by Crippen LogP contribution is -2.00. The monoisotopic (exact) mass is 365 g/mol. The smallest absolute Gasteiger partial charge is 0.0414 e. The lowest BCUT2D eigenvalue weighted by molar-refractivity contribution is 0.381. The maximum atomic E-state index is 4.11. The zero-order valence-corrected chi connectivity index (χ0v) is 18.8. The van der Waals surface area contributed by atoms with Crippen molar-refractivity contribution in [3.05, 3.63) is 6.92 Å². The first-order valence-electron chi connectivity index (χ1n) is 12.6. The van der Waals surface area contributed by atoms with E-state index in [0.717, 1.165) is 12.3 Å². The van der Waals surface area contributed by atoms with Gasteiger partial charge in [0.25, 0.3) is 0 Å². The average Bonchev–Trinajstić information content (AvgIpc) is 2.65. The van der Waals surface area contributed by atoms with Gasteiger partial charge in [-0.2, -0.15) is 0 Å². The Labute approximate surface area is 168 Å². The van der Waals surface area contributed by atoms with E-state index in [1.807, 2.05) is 0 Å². The van der Waals surface area contributed by atoms with Gasteiger partial charge in [0.05, 0.1) is 0 Å². The van der Waals surface area contributed by atoms with Crippen LogP contribution in [0.25, 0.3) is 0 Å². The zero-order chi connectivity index (χ0) is 19.1. The molecule has 0 unspecified atom stereocenters. The van der Waals surface area contributed by atoms with Gasteiger partial charge in [-0.1, -0.05) is 162 Å². The van der Waals surface area contributed by atoms with Crippen molar-refractivity contribution in [3.8, 4) is 0 Å². The fourth-order valence-corrected chi connectivity index (χ4v) is 4.21. The van der Waals surface area contributed by atoms with E-state index in [4.69, 9.17) is 0 Å². The summed E-state index contributed by atoms with van der Waals surface area (Å²) in [7, 11) is 0. The summed E-state index contributed by atoms with van der Waals surface area (Å²) < 4.78 is 0. The van der Waals surface area contributed by atoms with Crippen LogP contribution in [-0.2, 0) is 0 Å². The van der Waals surface area contributed by atoms with E-state index in [2.05, 4.69) is 20.8 Å². The average molecular weight is 366 g/mol. The fourth-order valence-electron chi connectivity index (χ4n) is 4.21. The molecule has 0 amide bonds. The summed E-state index contributed by atoms with van der Waals surface area (Å²) in [5.41, 5.74) is 0. The Balaban J connectivity index is 3.42. The van der Waals surface area contributed by atoms with Crippen LogP contribution < -0.4 is 0 Å². The molecule has 0 heterocycles. The van der Waals surface area contributed by atoms with Gasteiger partial charge < -0.3 is 0 Å². The van der Waals surface area contributed by atoms with Crippen molar-refractivity contribution in [1.82, 2.24) is 0 Å². The molecule has 0 aromatic carbocycles. The fraction of sp³-hybridized carbons (Fsp3) is 0.962. The molecule has 0 heteroatoms. The highest BCUT2D eigenvalue weighted by atomic mass is 14.1. The molecule has 0 aromatic rings. The predicted octanol–water partition coefficient (Wildman–Crippen LogP) is 10.1. The van der Waals surface area contributed by atoms with Crippen LogP contribution in [0, 0.1) is 12.8 Å². The second-order valence-electron chi connectivity index (χ2n) is 8.74. The highest BCUT2D eigenvalue weighted by Crippen LogP contribution is 2.23. The van der Waals surface area contributed by atoms with Crippen LogP contribution in [0.3, 0.4) is 0 Å². The molecule has 0 spiro atoms. The Kier molecular flexibility index (Phi) is 23.0. The first kappa shape index (κ1) is 26.0. The second kappa shape index (κ2) is 23.0. The van der Waals surface area contributed by atoms with E-state index in [-0.39, 0.29) is 0 Å². The number of hydrogen-bond donors (Lipinski definition) is 0. The third kappa shape index (κ3) is 20.3. The van der Waals surface area contributed by atoms with Crippen LogP contribution in [0.4, 0.5) is 0 Å². The van der Waals surface area contributed by atoms with Crippen LogP contribution in [-0.4, -0.2) is 0 Å². The molecule has 0 aliphatic heterocycles. The molecule has 0 aromatic heterocycles. The number of unbranched alkanes of at least 4 members (excludes halogenated alkanes) is 16. The molecule has 157 valence electrons. The van der Waals surface area contributed by atoms with Crippen molar-refractivity contribution < 1.29 is 0 Å². The minimum absolute atomic E-state index is 0.974. The maximum Gasteiger partial charge on any atom is -0.0414 e. The molecular formula is C26H53. The molecule has 0 saturated carbocycles. The van der Waals surface area contributed by atoms with Crippen LogP contribution in [0.1, 0.15) is 155 Å². The molecule has 0 saturated heterocycles. The number of hydrogen-bond acceptors (Lipinski definition) is 0. The van der Waals surface area contributed by atoms with Gasteiger partial charge in [-0.25, -0.2) is 0 Å². The Bertz CT molecular complexity index is 210. The summed E-state index contributed by atoms with van der Waals surface area (Å²) in [5.74, 6) is 0.974. The number of rotatable bonds is 22. The molecule has 0 aliphatic rings. The third-order valence-electron chi connectivity index (χ3n) is 6.04. The summed E-state index contributed by atoms with van der Waals surface area (Å²) in [6, 6.07) is 0. The Hall–Kier alpha value is 0. The molecule has 0 aliphatic carbocycles. The molecular weight excluding hydrogens is 312 g/mol. The van der Waals surface area contributed by atoms with E-state index < -0.39 is 0 Å². The third-order valence-corrected chi connectivity index (χ3v) is 6.04. The van der Waals surface area contributed by atoms with Crippen molar-refractivity contribution in [2.45, 2.75) is 155 Å². The molecule has 0 atom stereocenters. The molecule has 0 N–H and O–H groups in total. The predicted molar refractivity (Wildman–Crippen MR) is 122 cm³/mol.